The summed E-state index contributed by atoms with van der Waals surface area (Å²) in [6.45, 7) is 4.54. The predicted molar refractivity (Wildman–Crippen MR) is 66.7 cm³/mol. The van der Waals surface area contributed by atoms with E-state index in [1.807, 2.05) is 0 Å². The monoisotopic (exact) mass is 446 g/mol. The maximum Gasteiger partial charge on any atom is 0.460 e. The van der Waals surface area contributed by atoms with E-state index in [1.54, 1.807) is 0 Å². The van der Waals surface area contributed by atoms with Crippen LogP contribution >= 0.6 is 22.6 Å². The van der Waals surface area contributed by atoms with E-state index in [9.17, 15) is 39.5 Å². The number of hydrogen-bond donors (Lipinski definition) is 0. The van der Waals surface area contributed by atoms with E-state index >= 15 is 0 Å². The fraction of sp³-hybridized carbons (Fsp3) is 1.00. The van der Waals surface area contributed by atoms with Gasteiger partial charge >= 0.3 is 23.9 Å². The van der Waals surface area contributed by atoms with Crippen molar-refractivity contribution >= 4 is 30.7 Å². The fourth-order valence-corrected chi connectivity index (χ4v) is 2.49. The maximum atomic E-state index is 13.3. The number of alkyl halides is 10. The van der Waals surface area contributed by atoms with Crippen LogP contribution in [0.5, 0.6) is 0 Å². The minimum Gasteiger partial charge on any atom is -0.200 e. The highest BCUT2D eigenvalue weighted by molar-refractivity contribution is 14.1. The van der Waals surface area contributed by atoms with Gasteiger partial charge in [-0.05, 0) is 0 Å². The van der Waals surface area contributed by atoms with Crippen LogP contribution in [0, 0.1) is 0 Å². The molecule has 11 heteroatoms. The van der Waals surface area contributed by atoms with Crippen molar-refractivity contribution in [2.75, 3.05) is 0 Å². The Morgan fingerprint density at radius 2 is 1.15 bits per heavy atom. The molecule has 0 N–H and O–H groups in total. The van der Waals surface area contributed by atoms with Gasteiger partial charge in [-0.1, -0.05) is 42.2 Å². The molecule has 0 rings (SSSR count). The second kappa shape index (κ2) is 5.50. The summed E-state index contributed by atoms with van der Waals surface area (Å²) in [4.78, 5) is 0. The van der Waals surface area contributed by atoms with Crippen LogP contribution in [0.25, 0.3) is 0 Å². The first-order valence-electron chi connectivity index (χ1n) is 5.22. The zero-order valence-electron chi connectivity index (χ0n) is 10.6. The summed E-state index contributed by atoms with van der Waals surface area (Å²) < 4.78 is 112. The zero-order valence-corrected chi connectivity index (χ0v) is 13.7. The number of rotatable bonds is 5. The Hall–Kier alpha value is 0.317. The molecule has 0 aromatic heterocycles. The molecule has 0 aliphatic heterocycles. The van der Waals surface area contributed by atoms with E-state index in [0.717, 1.165) is 0 Å². The van der Waals surface area contributed by atoms with Crippen LogP contribution in [-0.4, -0.2) is 35.6 Å². The van der Waals surface area contributed by atoms with E-state index in [0.29, 0.717) is 0 Å². The lowest BCUT2D eigenvalue weighted by Crippen LogP contribution is -2.62. The highest BCUT2D eigenvalue weighted by Gasteiger charge is 2.81. The summed E-state index contributed by atoms with van der Waals surface area (Å²) in [7, 11) is -2.41. The first kappa shape index (κ1) is 20.3. The minimum absolute atomic E-state index is 1.09. The molecular formula is C9H12F9ISi. The minimum atomic E-state index is -6.79. The van der Waals surface area contributed by atoms with E-state index in [-0.39, 0.29) is 0 Å². The Labute approximate surface area is 124 Å². The van der Waals surface area contributed by atoms with E-state index in [1.165, 1.54) is 42.2 Å². The van der Waals surface area contributed by atoms with Crippen molar-refractivity contribution in [1.82, 2.24) is 0 Å². The largest absolute Gasteiger partial charge is 0.460 e. The number of hydrogen-bond acceptors (Lipinski definition) is 0. The lowest BCUT2D eigenvalue weighted by atomic mass is 10.0. The van der Waals surface area contributed by atoms with Crippen molar-refractivity contribution in [1.29, 1.82) is 0 Å². The molecule has 0 radical (unpaired) electrons. The Morgan fingerprint density at radius 3 is 1.40 bits per heavy atom. The lowest BCUT2D eigenvalue weighted by Gasteiger charge is -2.36. The van der Waals surface area contributed by atoms with Gasteiger partial charge in [-0.25, -0.2) is 0 Å². The molecule has 0 bridgehead atoms. The van der Waals surface area contributed by atoms with E-state index in [2.05, 4.69) is 0 Å². The predicted octanol–water partition coefficient (Wildman–Crippen LogP) is 5.53. The van der Waals surface area contributed by atoms with Crippen molar-refractivity contribution in [3.05, 3.63) is 0 Å². The third-order valence-corrected chi connectivity index (χ3v) is 10.7. The molecule has 0 saturated heterocycles. The van der Waals surface area contributed by atoms with Crippen molar-refractivity contribution in [2.24, 2.45) is 0 Å². The summed E-state index contributed by atoms with van der Waals surface area (Å²) in [6, 6.07) is 0. The molecule has 0 spiro atoms. The van der Waals surface area contributed by atoms with Crippen molar-refractivity contribution in [3.63, 3.8) is 0 Å². The Bertz CT molecular complexity index is 344. The Kier molecular flexibility index (Phi) is 5.59. The second-order valence-corrected chi connectivity index (χ2v) is 13.5. The Balaban J connectivity index is 5.48. The molecule has 0 fully saturated rings. The highest BCUT2D eigenvalue weighted by atomic mass is 127. The first-order valence-corrected chi connectivity index (χ1v) is 10.0. The molecule has 0 amide bonds. The van der Waals surface area contributed by atoms with Gasteiger partial charge in [0.25, 0.3) is 0 Å². The molecule has 20 heavy (non-hydrogen) atoms. The molecule has 0 aliphatic rings. The van der Waals surface area contributed by atoms with Crippen LogP contribution in [0.3, 0.4) is 0 Å². The Morgan fingerprint density at radius 1 is 0.800 bits per heavy atom. The molecule has 0 aliphatic carbocycles. The van der Waals surface area contributed by atoms with Gasteiger partial charge in [0.05, 0.1) is 8.07 Å². The molecule has 0 nitrogen and oxygen atoms in total. The smallest absolute Gasteiger partial charge is 0.200 e. The summed E-state index contributed by atoms with van der Waals surface area (Å²) in [5.74, 6) is -18.8. The molecule has 1 atom stereocenters. The third kappa shape index (κ3) is 3.74. The molecule has 0 aromatic rings. The average Bonchev–Trinajstić information content (AvgIpc) is 2.12. The quantitative estimate of drug-likeness (QED) is 0.226. The summed E-state index contributed by atoms with van der Waals surface area (Å²) in [5, 5.41) is 0. The van der Waals surface area contributed by atoms with Gasteiger partial charge < -0.3 is 0 Å². The van der Waals surface area contributed by atoms with Gasteiger partial charge in [-0.15, -0.1) is 0 Å². The van der Waals surface area contributed by atoms with Crippen LogP contribution in [-0.2, 0) is 0 Å². The molecule has 1 unspecified atom stereocenters. The van der Waals surface area contributed by atoms with Crippen LogP contribution < -0.4 is 0 Å². The average molecular weight is 446 g/mol. The van der Waals surface area contributed by atoms with E-state index < -0.39 is 42.0 Å². The first-order chi connectivity index (χ1) is 8.38. The van der Waals surface area contributed by atoms with Crippen LogP contribution in [0.1, 0.15) is 6.42 Å². The maximum absolute atomic E-state index is 13.3. The van der Waals surface area contributed by atoms with Gasteiger partial charge in [0.1, 0.15) is 0 Å². The summed E-state index contributed by atoms with van der Waals surface area (Å²) in [5.41, 5.74) is 0. The number of halogens is 10. The highest BCUT2D eigenvalue weighted by Crippen LogP contribution is 2.54. The van der Waals surface area contributed by atoms with E-state index in [4.69, 9.17) is 0 Å². The van der Waals surface area contributed by atoms with Gasteiger partial charge in [0.2, 0.25) is 0 Å². The van der Waals surface area contributed by atoms with Crippen molar-refractivity contribution in [2.45, 2.75) is 53.6 Å². The lowest BCUT2D eigenvalue weighted by molar-refractivity contribution is -0.396. The third-order valence-electron chi connectivity index (χ3n) is 2.59. The van der Waals surface area contributed by atoms with Gasteiger partial charge in [0, 0.05) is 9.97 Å². The normalized spacial score (nSPS) is 17.2. The van der Waals surface area contributed by atoms with Gasteiger partial charge in [0.15, 0.2) is 0 Å². The van der Waals surface area contributed by atoms with Crippen LogP contribution in [0.2, 0.25) is 19.6 Å². The fourth-order valence-electron chi connectivity index (χ4n) is 1.07. The molecular weight excluding hydrogens is 434 g/mol. The van der Waals surface area contributed by atoms with Crippen molar-refractivity contribution < 1.29 is 39.5 Å². The standard InChI is InChI=1S/C9H12F9ISi/c1-20(2,3)5(19)4-6(10,11)7(12,13)8(14,15)9(16,17)18/h5H,4H2,1-3H3. The molecule has 122 valence electrons. The second-order valence-electron chi connectivity index (χ2n) is 5.39. The zero-order chi connectivity index (χ0) is 16.8. The topological polar surface area (TPSA) is 0 Å². The van der Waals surface area contributed by atoms with Gasteiger partial charge in [-0.2, -0.15) is 39.5 Å². The van der Waals surface area contributed by atoms with Crippen LogP contribution in [0.15, 0.2) is 0 Å². The molecule has 0 heterocycles. The van der Waals surface area contributed by atoms with Crippen molar-refractivity contribution in [3.8, 4) is 0 Å². The SMILES string of the molecule is C[Si](C)(C)C(I)CC(F)(F)C(F)(F)C(F)(F)C(F)(F)F. The van der Waals surface area contributed by atoms with Crippen LogP contribution in [0.4, 0.5) is 39.5 Å². The summed E-state index contributed by atoms with van der Waals surface area (Å²) in [6.07, 6.45) is -8.48. The molecule has 0 saturated carbocycles. The van der Waals surface area contributed by atoms with Gasteiger partial charge in [-0.3, -0.25) is 0 Å². The molecule has 0 aromatic carbocycles. The summed E-state index contributed by atoms with van der Waals surface area (Å²) >= 11 is 1.38.